The van der Waals surface area contributed by atoms with Gasteiger partial charge in [0.2, 0.25) is 5.88 Å². The summed E-state index contributed by atoms with van der Waals surface area (Å²) in [6, 6.07) is 4.36. The van der Waals surface area contributed by atoms with Crippen molar-refractivity contribution in [2.45, 2.75) is 13.8 Å². The number of hydrogen-bond acceptors (Lipinski definition) is 3. The van der Waals surface area contributed by atoms with Gasteiger partial charge in [-0.3, -0.25) is 0 Å². The van der Waals surface area contributed by atoms with Crippen molar-refractivity contribution in [3.05, 3.63) is 45.0 Å². The normalized spacial score (nSPS) is 10.5. The maximum absolute atomic E-state index is 13.1. The first-order chi connectivity index (χ1) is 8.47. The lowest BCUT2D eigenvalue weighted by atomic mass is 10.3. The largest absolute Gasteiger partial charge is 0.439 e. The molecule has 0 N–H and O–H groups in total. The Kier molecular flexibility index (Phi) is 3.82. The second-order valence-corrected chi connectivity index (χ2v) is 4.88. The summed E-state index contributed by atoms with van der Waals surface area (Å²) in [5, 5.41) is 0.346. The predicted molar refractivity (Wildman–Crippen MR) is 70.7 cm³/mol. The maximum Gasteiger partial charge on any atom is 0.226 e. The summed E-state index contributed by atoms with van der Waals surface area (Å²) in [7, 11) is 0. The number of benzene rings is 1. The van der Waals surface area contributed by atoms with Crippen LogP contribution < -0.4 is 4.74 Å². The third-order valence-corrected chi connectivity index (χ3v) is 3.23. The Bertz CT molecular complexity index is 607. The number of aromatic nitrogens is 2. The lowest BCUT2D eigenvalue weighted by Crippen LogP contribution is -1.97. The summed E-state index contributed by atoms with van der Waals surface area (Å²) in [6.45, 7) is 3.48. The zero-order chi connectivity index (χ0) is 13.3. The second kappa shape index (κ2) is 5.20. The van der Waals surface area contributed by atoms with Crippen molar-refractivity contribution < 1.29 is 9.13 Å². The molecule has 0 amide bonds. The zero-order valence-electron chi connectivity index (χ0n) is 9.67. The minimum absolute atomic E-state index is 0.328. The van der Waals surface area contributed by atoms with Gasteiger partial charge in [0, 0.05) is 5.56 Å². The van der Waals surface area contributed by atoms with Crippen LogP contribution in [0.2, 0.25) is 5.15 Å². The molecule has 1 heterocycles. The zero-order valence-corrected chi connectivity index (χ0v) is 12.0. The molecule has 0 atom stereocenters. The molecule has 0 saturated heterocycles. The molecule has 0 fully saturated rings. The minimum atomic E-state index is -0.351. The molecule has 94 valence electrons. The van der Waals surface area contributed by atoms with E-state index in [9.17, 15) is 4.39 Å². The van der Waals surface area contributed by atoms with Gasteiger partial charge in [0.25, 0.3) is 0 Å². The van der Waals surface area contributed by atoms with Gasteiger partial charge >= 0.3 is 0 Å². The number of nitrogens with zero attached hydrogens (tertiary/aromatic N) is 2. The third kappa shape index (κ3) is 2.79. The van der Waals surface area contributed by atoms with Gasteiger partial charge in [0.1, 0.15) is 22.5 Å². The van der Waals surface area contributed by atoms with Crippen LogP contribution in [0.15, 0.2) is 22.7 Å². The van der Waals surface area contributed by atoms with E-state index in [0.717, 1.165) is 0 Å². The Morgan fingerprint density at radius 2 is 2.00 bits per heavy atom. The molecule has 1 aromatic carbocycles. The quantitative estimate of drug-likeness (QED) is 0.763. The van der Waals surface area contributed by atoms with E-state index in [2.05, 4.69) is 25.9 Å². The highest BCUT2D eigenvalue weighted by atomic mass is 79.9. The van der Waals surface area contributed by atoms with E-state index in [1.165, 1.54) is 18.2 Å². The van der Waals surface area contributed by atoms with Gasteiger partial charge in [-0.05, 0) is 48.0 Å². The van der Waals surface area contributed by atoms with Crippen molar-refractivity contribution in [1.82, 2.24) is 9.97 Å². The molecule has 0 aliphatic rings. The fourth-order valence-electron chi connectivity index (χ4n) is 1.32. The molecule has 1 aromatic heterocycles. The van der Waals surface area contributed by atoms with Crippen molar-refractivity contribution in [1.29, 1.82) is 0 Å². The number of hydrogen-bond donors (Lipinski definition) is 0. The summed E-state index contributed by atoms with van der Waals surface area (Å²) in [6.07, 6.45) is 0. The average Bonchev–Trinajstić information content (AvgIpc) is 2.30. The predicted octanol–water partition coefficient (Wildman–Crippen LogP) is 4.44. The van der Waals surface area contributed by atoms with Gasteiger partial charge < -0.3 is 4.74 Å². The van der Waals surface area contributed by atoms with Crippen molar-refractivity contribution in [2.24, 2.45) is 0 Å². The van der Waals surface area contributed by atoms with Crippen LogP contribution in [0.4, 0.5) is 4.39 Å². The van der Waals surface area contributed by atoms with Gasteiger partial charge in [-0.15, -0.1) is 0 Å². The highest BCUT2D eigenvalue weighted by molar-refractivity contribution is 9.10. The first-order valence-corrected chi connectivity index (χ1v) is 6.28. The summed E-state index contributed by atoms with van der Waals surface area (Å²) in [5.74, 6) is 1.00. The minimum Gasteiger partial charge on any atom is -0.439 e. The van der Waals surface area contributed by atoms with Crippen LogP contribution in [0.5, 0.6) is 11.6 Å². The van der Waals surface area contributed by atoms with Crippen LogP contribution in [0.3, 0.4) is 0 Å². The molecule has 3 nitrogen and oxygen atoms in total. The first kappa shape index (κ1) is 13.2. The van der Waals surface area contributed by atoms with Crippen molar-refractivity contribution in [3.8, 4) is 11.6 Å². The van der Waals surface area contributed by atoms with Gasteiger partial charge in [-0.1, -0.05) is 11.6 Å². The van der Waals surface area contributed by atoms with Crippen molar-refractivity contribution >= 4 is 27.5 Å². The van der Waals surface area contributed by atoms with E-state index >= 15 is 0 Å². The maximum atomic E-state index is 13.1. The van der Waals surface area contributed by atoms with Gasteiger partial charge in [0.05, 0.1) is 4.47 Å². The van der Waals surface area contributed by atoms with Crippen LogP contribution in [0.1, 0.15) is 11.4 Å². The van der Waals surface area contributed by atoms with Crippen LogP contribution in [0, 0.1) is 19.7 Å². The number of ether oxygens (including phenoxy) is 1. The van der Waals surface area contributed by atoms with Crippen LogP contribution >= 0.6 is 27.5 Å². The molecule has 0 aliphatic heterocycles. The molecule has 6 heteroatoms. The van der Waals surface area contributed by atoms with E-state index in [1.54, 1.807) is 13.8 Å². The standard InChI is InChI=1S/C12H9BrClFN2O/c1-6-11(14)16-7(2)17-12(6)18-8-3-4-10(15)9(13)5-8/h3-5H,1-2H3. The van der Waals surface area contributed by atoms with Crippen LogP contribution in [0.25, 0.3) is 0 Å². The smallest absolute Gasteiger partial charge is 0.226 e. The molecule has 0 saturated carbocycles. The molecule has 0 bridgehead atoms. The van der Waals surface area contributed by atoms with E-state index in [-0.39, 0.29) is 5.82 Å². The highest BCUT2D eigenvalue weighted by Crippen LogP contribution is 2.29. The summed E-state index contributed by atoms with van der Waals surface area (Å²) in [4.78, 5) is 8.17. The second-order valence-electron chi connectivity index (χ2n) is 3.67. The molecule has 18 heavy (non-hydrogen) atoms. The van der Waals surface area contributed by atoms with E-state index < -0.39 is 0 Å². The van der Waals surface area contributed by atoms with E-state index in [1.807, 2.05) is 0 Å². The average molecular weight is 332 g/mol. The van der Waals surface area contributed by atoms with Crippen LogP contribution in [-0.4, -0.2) is 9.97 Å². The molecule has 0 aliphatic carbocycles. The Balaban J connectivity index is 2.36. The van der Waals surface area contributed by atoms with Gasteiger partial charge in [0.15, 0.2) is 0 Å². The SMILES string of the molecule is Cc1nc(Cl)c(C)c(Oc2ccc(F)c(Br)c2)n1. The summed E-state index contributed by atoms with van der Waals surface area (Å²) < 4.78 is 19.0. The number of aryl methyl sites for hydroxylation is 1. The van der Waals surface area contributed by atoms with E-state index in [0.29, 0.717) is 32.6 Å². The Morgan fingerprint density at radius 1 is 1.28 bits per heavy atom. The Labute approximate surface area is 117 Å². The first-order valence-electron chi connectivity index (χ1n) is 5.11. The third-order valence-electron chi connectivity index (χ3n) is 2.26. The topological polar surface area (TPSA) is 35.0 Å². The van der Waals surface area contributed by atoms with Gasteiger partial charge in [-0.25, -0.2) is 9.37 Å². The van der Waals surface area contributed by atoms with Crippen molar-refractivity contribution in [2.75, 3.05) is 0 Å². The van der Waals surface area contributed by atoms with Crippen LogP contribution in [-0.2, 0) is 0 Å². The number of rotatable bonds is 2. The Morgan fingerprint density at radius 3 is 2.67 bits per heavy atom. The molecule has 0 spiro atoms. The van der Waals surface area contributed by atoms with E-state index in [4.69, 9.17) is 16.3 Å². The lowest BCUT2D eigenvalue weighted by molar-refractivity contribution is 0.453. The molecular formula is C12H9BrClFN2O. The summed E-state index contributed by atoms with van der Waals surface area (Å²) in [5.41, 5.74) is 0.641. The molecule has 2 rings (SSSR count). The van der Waals surface area contributed by atoms with Crippen molar-refractivity contribution in [3.63, 3.8) is 0 Å². The Hall–Kier alpha value is -1.20. The molecule has 2 aromatic rings. The van der Waals surface area contributed by atoms with Gasteiger partial charge in [-0.2, -0.15) is 4.98 Å². The lowest BCUT2D eigenvalue weighted by Gasteiger charge is -2.09. The fraction of sp³-hybridized carbons (Fsp3) is 0.167. The number of halogens is 3. The fourth-order valence-corrected chi connectivity index (χ4v) is 1.88. The monoisotopic (exact) mass is 330 g/mol. The molecule has 0 unspecified atom stereocenters. The molecular weight excluding hydrogens is 322 g/mol. The summed E-state index contributed by atoms with van der Waals surface area (Å²) >= 11 is 9.03. The molecule has 0 radical (unpaired) electrons. The highest BCUT2D eigenvalue weighted by Gasteiger charge is 2.10.